The van der Waals surface area contributed by atoms with Crippen LogP contribution < -0.4 is 11.1 Å². The van der Waals surface area contributed by atoms with Crippen molar-refractivity contribution < 1.29 is 14.3 Å². The summed E-state index contributed by atoms with van der Waals surface area (Å²) >= 11 is 0. The number of nitrogens with one attached hydrogen (secondary N) is 1. The standard InChI is InChI=1S/C14H24N2O3/c15-13(18)14(7-3-1-2-4-8-14)19-12(17)11-5-9-16-10-6-11/h11,16H,1-10H2,(H2,15,18). The zero-order valence-electron chi connectivity index (χ0n) is 11.5. The Morgan fingerprint density at radius 1 is 1.05 bits per heavy atom. The minimum absolute atomic E-state index is 0.0827. The first kappa shape index (κ1) is 14.3. The summed E-state index contributed by atoms with van der Waals surface area (Å²) in [5, 5.41) is 3.22. The highest BCUT2D eigenvalue weighted by atomic mass is 16.6. The van der Waals surface area contributed by atoms with Crippen molar-refractivity contribution >= 4 is 11.9 Å². The summed E-state index contributed by atoms with van der Waals surface area (Å²) < 4.78 is 5.62. The highest BCUT2D eigenvalue weighted by Gasteiger charge is 2.42. The quantitative estimate of drug-likeness (QED) is 0.593. The molecule has 1 aliphatic heterocycles. The Kier molecular flexibility index (Phi) is 4.80. The van der Waals surface area contributed by atoms with Crippen LogP contribution in [-0.4, -0.2) is 30.6 Å². The molecule has 3 N–H and O–H groups in total. The zero-order valence-corrected chi connectivity index (χ0v) is 11.5. The van der Waals surface area contributed by atoms with E-state index in [9.17, 15) is 9.59 Å². The van der Waals surface area contributed by atoms with Crippen molar-refractivity contribution in [3.05, 3.63) is 0 Å². The van der Waals surface area contributed by atoms with E-state index in [1.807, 2.05) is 0 Å². The number of primary amides is 1. The fraction of sp³-hybridized carbons (Fsp3) is 0.857. The molecule has 1 aliphatic carbocycles. The molecule has 19 heavy (non-hydrogen) atoms. The number of nitrogens with two attached hydrogens (primary N) is 1. The number of piperidine rings is 1. The number of hydrogen-bond acceptors (Lipinski definition) is 4. The van der Waals surface area contributed by atoms with E-state index in [2.05, 4.69) is 5.32 Å². The minimum atomic E-state index is -1.04. The molecule has 1 amide bonds. The number of carbonyl (C=O) groups excluding carboxylic acids is 2. The van der Waals surface area contributed by atoms with Gasteiger partial charge in [-0.15, -0.1) is 0 Å². The molecule has 0 unspecified atom stereocenters. The van der Waals surface area contributed by atoms with Gasteiger partial charge >= 0.3 is 5.97 Å². The van der Waals surface area contributed by atoms with Gasteiger partial charge in [-0.2, -0.15) is 0 Å². The van der Waals surface area contributed by atoms with E-state index < -0.39 is 11.5 Å². The molecule has 2 aliphatic rings. The predicted molar refractivity (Wildman–Crippen MR) is 71.3 cm³/mol. The summed E-state index contributed by atoms with van der Waals surface area (Å²) in [5.74, 6) is -0.792. The lowest BCUT2D eigenvalue weighted by molar-refractivity contribution is -0.173. The molecule has 0 aromatic carbocycles. The van der Waals surface area contributed by atoms with Gasteiger partial charge in [0.1, 0.15) is 0 Å². The maximum absolute atomic E-state index is 12.2. The van der Waals surface area contributed by atoms with E-state index in [1.165, 1.54) is 0 Å². The van der Waals surface area contributed by atoms with E-state index in [4.69, 9.17) is 10.5 Å². The summed E-state index contributed by atoms with van der Waals surface area (Å²) in [6.45, 7) is 1.67. The van der Waals surface area contributed by atoms with E-state index >= 15 is 0 Å². The lowest BCUT2D eigenvalue weighted by Gasteiger charge is -2.32. The minimum Gasteiger partial charge on any atom is -0.449 e. The van der Waals surface area contributed by atoms with Gasteiger partial charge < -0.3 is 15.8 Å². The second kappa shape index (κ2) is 6.37. The molecule has 0 bridgehead atoms. The SMILES string of the molecule is NC(=O)C1(OC(=O)C2CCNCC2)CCCCCC1. The van der Waals surface area contributed by atoms with E-state index in [0.29, 0.717) is 12.8 Å². The zero-order chi connectivity index (χ0) is 13.7. The van der Waals surface area contributed by atoms with E-state index in [0.717, 1.165) is 51.6 Å². The van der Waals surface area contributed by atoms with Crippen LogP contribution in [0.5, 0.6) is 0 Å². The van der Waals surface area contributed by atoms with Crippen molar-refractivity contribution in [3.8, 4) is 0 Å². The lowest BCUT2D eigenvalue weighted by atomic mass is 9.92. The summed E-state index contributed by atoms with van der Waals surface area (Å²) in [6, 6.07) is 0. The third kappa shape index (κ3) is 3.47. The second-order valence-corrected chi connectivity index (χ2v) is 5.72. The molecular formula is C14H24N2O3. The summed E-state index contributed by atoms with van der Waals surface area (Å²) in [7, 11) is 0. The lowest BCUT2D eigenvalue weighted by Crippen LogP contribution is -2.49. The predicted octanol–water partition coefficient (Wildman–Crippen LogP) is 1.11. The molecular weight excluding hydrogens is 244 g/mol. The van der Waals surface area contributed by atoms with Crippen LogP contribution in [0.1, 0.15) is 51.4 Å². The molecule has 0 radical (unpaired) electrons. The first-order valence-corrected chi connectivity index (χ1v) is 7.37. The monoisotopic (exact) mass is 268 g/mol. The van der Waals surface area contributed by atoms with Crippen LogP contribution in [0.4, 0.5) is 0 Å². The Bertz CT molecular complexity index is 330. The highest BCUT2D eigenvalue weighted by molar-refractivity contribution is 5.87. The summed E-state index contributed by atoms with van der Waals surface area (Å²) in [4.78, 5) is 24.0. The van der Waals surface area contributed by atoms with E-state index in [-0.39, 0.29) is 11.9 Å². The Morgan fingerprint density at radius 3 is 2.16 bits per heavy atom. The van der Waals surface area contributed by atoms with Crippen LogP contribution in [-0.2, 0) is 14.3 Å². The normalized spacial score (nSPS) is 24.4. The average Bonchev–Trinajstić information content (AvgIpc) is 2.66. The summed E-state index contributed by atoms with van der Waals surface area (Å²) in [6.07, 6.45) is 6.71. The molecule has 5 heteroatoms. The number of esters is 1. The fourth-order valence-corrected chi connectivity index (χ4v) is 3.03. The topological polar surface area (TPSA) is 81.4 Å². The first-order valence-electron chi connectivity index (χ1n) is 7.37. The van der Waals surface area contributed by atoms with Gasteiger partial charge in [-0.3, -0.25) is 9.59 Å². The molecule has 1 heterocycles. The maximum atomic E-state index is 12.2. The Hall–Kier alpha value is -1.10. The van der Waals surface area contributed by atoms with Gasteiger partial charge in [-0.1, -0.05) is 12.8 Å². The van der Waals surface area contributed by atoms with Crippen molar-refractivity contribution in [2.45, 2.75) is 57.0 Å². The average molecular weight is 268 g/mol. The van der Waals surface area contributed by atoms with Crippen molar-refractivity contribution in [1.82, 2.24) is 5.32 Å². The van der Waals surface area contributed by atoms with Crippen LogP contribution >= 0.6 is 0 Å². The Balaban J connectivity index is 2.02. The maximum Gasteiger partial charge on any atom is 0.310 e. The molecule has 0 atom stereocenters. The van der Waals surface area contributed by atoms with Crippen molar-refractivity contribution in [2.24, 2.45) is 11.7 Å². The van der Waals surface area contributed by atoms with E-state index in [1.54, 1.807) is 0 Å². The van der Waals surface area contributed by atoms with Crippen molar-refractivity contribution in [1.29, 1.82) is 0 Å². The van der Waals surface area contributed by atoms with Crippen LogP contribution in [0.3, 0.4) is 0 Å². The van der Waals surface area contributed by atoms with Gasteiger partial charge in [0, 0.05) is 0 Å². The molecule has 1 saturated carbocycles. The van der Waals surface area contributed by atoms with Gasteiger partial charge in [0.05, 0.1) is 5.92 Å². The van der Waals surface area contributed by atoms with Crippen molar-refractivity contribution in [2.75, 3.05) is 13.1 Å². The number of amides is 1. The summed E-state index contributed by atoms with van der Waals surface area (Å²) in [5.41, 5.74) is 4.48. The second-order valence-electron chi connectivity index (χ2n) is 5.72. The van der Waals surface area contributed by atoms with Gasteiger partial charge in [-0.25, -0.2) is 0 Å². The number of ether oxygens (including phenoxy) is 1. The first-order chi connectivity index (χ1) is 9.14. The molecule has 2 rings (SSSR count). The van der Waals surface area contributed by atoms with Crippen molar-refractivity contribution in [3.63, 3.8) is 0 Å². The number of rotatable bonds is 3. The van der Waals surface area contributed by atoms with Gasteiger partial charge in [0.2, 0.25) is 0 Å². The third-order valence-electron chi connectivity index (χ3n) is 4.33. The molecule has 0 aromatic rings. The molecule has 5 nitrogen and oxygen atoms in total. The fourth-order valence-electron chi connectivity index (χ4n) is 3.03. The largest absolute Gasteiger partial charge is 0.449 e. The molecule has 0 aromatic heterocycles. The Labute approximate surface area is 114 Å². The molecule has 0 spiro atoms. The Morgan fingerprint density at radius 2 is 1.63 bits per heavy atom. The van der Waals surface area contributed by atoms with Crippen LogP contribution in [0.15, 0.2) is 0 Å². The smallest absolute Gasteiger partial charge is 0.310 e. The number of hydrogen-bond donors (Lipinski definition) is 2. The van der Waals surface area contributed by atoms with Gasteiger partial charge in [0.25, 0.3) is 5.91 Å². The van der Waals surface area contributed by atoms with Gasteiger partial charge in [-0.05, 0) is 51.6 Å². The highest BCUT2D eigenvalue weighted by Crippen LogP contribution is 2.32. The van der Waals surface area contributed by atoms with Crippen LogP contribution in [0.25, 0.3) is 0 Å². The third-order valence-corrected chi connectivity index (χ3v) is 4.33. The number of carbonyl (C=O) groups is 2. The van der Waals surface area contributed by atoms with Crippen LogP contribution in [0.2, 0.25) is 0 Å². The molecule has 2 fully saturated rings. The van der Waals surface area contributed by atoms with Gasteiger partial charge in [0.15, 0.2) is 5.60 Å². The molecule has 1 saturated heterocycles. The molecule has 108 valence electrons. The van der Waals surface area contributed by atoms with Crippen LogP contribution in [0, 0.1) is 5.92 Å².